The Kier molecular flexibility index (Phi) is 3.91. The summed E-state index contributed by atoms with van der Waals surface area (Å²) in [5.74, 6) is 0. The lowest BCUT2D eigenvalue weighted by atomic mass is 10.1. The maximum absolute atomic E-state index is 12.7. The van der Waals surface area contributed by atoms with Crippen molar-refractivity contribution < 1.29 is 13.2 Å². The van der Waals surface area contributed by atoms with Gasteiger partial charge in [-0.15, -0.1) is 11.3 Å². The molecule has 1 heterocycles. The highest BCUT2D eigenvalue weighted by atomic mass is 32.1. The van der Waals surface area contributed by atoms with E-state index in [1.165, 1.54) is 17.4 Å². The van der Waals surface area contributed by atoms with Crippen LogP contribution >= 0.6 is 11.3 Å². The number of hydrogen-bond donors (Lipinski definition) is 1. The van der Waals surface area contributed by atoms with Gasteiger partial charge < -0.3 is 5.73 Å². The topological polar surface area (TPSA) is 38.9 Å². The molecule has 2 N–H and O–H groups in total. The number of benzene rings is 1. The Morgan fingerprint density at radius 3 is 2.68 bits per heavy atom. The number of nitrogens with two attached hydrogens (primary N) is 1. The summed E-state index contributed by atoms with van der Waals surface area (Å²) in [5, 5.41) is 0.604. The first kappa shape index (κ1) is 14.0. The minimum absolute atomic E-state index is 0.492. The quantitative estimate of drug-likeness (QED) is 0.935. The van der Waals surface area contributed by atoms with Gasteiger partial charge >= 0.3 is 6.18 Å². The third-order valence-corrected chi connectivity index (χ3v) is 3.97. The van der Waals surface area contributed by atoms with E-state index in [1.54, 1.807) is 6.07 Å². The third kappa shape index (κ3) is 3.13. The molecule has 0 saturated carbocycles. The normalized spacial score (nSPS) is 11.8. The first-order valence-corrected chi connectivity index (χ1v) is 6.57. The van der Waals surface area contributed by atoms with Crippen LogP contribution in [0.2, 0.25) is 0 Å². The Labute approximate surface area is 113 Å². The molecular weight excluding hydrogens is 273 g/mol. The summed E-state index contributed by atoms with van der Waals surface area (Å²) in [6.45, 7) is 2.35. The number of rotatable bonds is 3. The fourth-order valence-electron chi connectivity index (χ4n) is 1.74. The van der Waals surface area contributed by atoms with Crippen LogP contribution < -0.4 is 5.73 Å². The fourth-order valence-corrected chi connectivity index (χ4v) is 2.82. The average molecular weight is 286 g/mol. The molecule has 0 atom stereocenters. The van der Waals surface area contributed by atoms with Gasteiger partial charge in [-0.1, -0.05) is 12.1 Å². The highest BCUT2D eigenvalue weighted by molar-refractivity contribution is 7.15. The number of thiazole rings is 1. The Hall–Kier alpha value is -1.40. The standard InChI is InChI=1S/C13H13F3N2S/c1-8-11(5-6-17)19-12(18-8)9-3-2-4-10(7-9)13(14,15)16/h2-4,7H,5-6,17H2,1H3. The van der Waals surface area contributed by atoms with Crippen molar-refractivity contribution in [2.24, 2.45) is 5.73 Å². The Balaban J connectivity index is 2.39. The second-order valence-electron chi connectivity index (χ2n) is 4.14. The van der Waals surface area contributed by atoms with E-state index in [2.05, 4.69) is 4.98 Å². The van der Waals surface area contributed by atoms with Crippen molar-refractivity contribution in [2.75, 3.05) is 6.54 Å². The van der Waals surface area contributed by atoms with Gasteiger partial charge in [-0.05, 0) is 32.0 Å². The summed E-state index contributed by atoms with van der Waals surface area (Å²) in [4.78, 5) is 5.34. The highest BCUT2D eigenvalue weighted by Gasteiger charge is 2.30. The van der Waals surface area contributed by atoms with E-state index < -0.39 is 11.7 Å². The molecule has 0 unspecified atom stereocenters. The van der Waals surface area contributed by atoms with Crippen LogP contribution in [0.4, 0.5) is 13.2 Å². The van der Waals surface area contributed by atoms with E-state index in [4.69, 9.17) is 5.73 Å². The number of alkyl halides is 3. The van der Waals surface area contributed by atoms with Gasteiger partial charge in [0.25, 0.3) is 0 Å². The van der Waals surface area contributed by atoms with E-state index in [1.807, 2.05) is 6.92 Å². The van der Waals surface area contributed by atoms with Gasteiger partial charge in [0.05, 0.1) is 11.3 Å². The van der Waals surface area contributed by atoms with Crippen molar-refractivity contribution in [1.29, 1.82) is 0 Å². The first-order valence-electron chi connectivity index (χ1n) is 5.76. The monoisotopic (exact) mass is 286 g/mol. The third-order valence-electron chi connectivity index (χ3n) is 2.70. The van der Waals surface area contributed by atoms with Gasteiger partial charge in [0, 0.05) is 10.4 Å². The van der Waals surface area contributed by atoms with Gasteiger partial charge in [0.1, 0.15) is 5.01 Å². The number of aromatic nitrogens is 1. The van der Waals surface area contributed by atoms with Gasteiger partial charge in [-0.3, -0.25) is 0 Å². The van der Waals surface area contributed by atoms with Crippen molar-refractivity contribution in [1.82, 2.24) is 4.98 Å². The maximum atomic E-state index is 12.7. The molecular formula is C13H13F3N2S. The van der Waals surface area contributed by atoms with E-state index in [-0.39, 0.29) is 0 Å². The predicted molar refractivity (Wildman–Crippen MR) is 70.0 cm³/mol. The lowest BCUT2D eigenvalue weighted by molar-refractivity contribution is -0.137. The highest BCUT2D eigenvalue weighted by Crippen LogP contribution is 2.34. The maximum Gasteiger partial charge on any atom is 0.416 e. The van der Waals surface area contributed by atoms with Crippen molar-refractivity contribution in [3.63, 3.8) is 0 Å². The average Bonchev–Trinajstić information content (AvgIpc) is 2.71. The number of hydrogen-bond acceptors (Lipinski definition) is 3. The molecule has 0 aliphatic heterocycles. The molecule has 19 heavy (non-hydrogen) atoms. The lowest BCUT2D eigenvalue weighted by Crippen LogP contribution is -2.04. The van der Waals surface area contributed by atoms with Crippen LogP contribution in [0.3, 0.4) is 0 Å². The zero-order chi connectivity index (χ0) is 14.0. The minimum atomic E-state index is -4.33. The van der Waals surface area contributed by atoms with Crippen molar-refractivity contribution in [3.05, 3.63) is 40.4 Å². The van der Waals surface area contributed by atoms with Gasteiger partial charge in [0.15, 0.2) is 0 Å². The number of halogens is 3. The van der Waals surface area contributed by atoms with Crippen LogP contribution in [0.1, 0.15) is 16.1 Å². The van der Waals surface area contributed by atoms with Crippen LogP contribution in [0, 0.1) is 6.92 Å². The first-order chi connectivity index (χ1) is 8.91. The Bertz CT molecular complexity index is 576. The molecule has 0 fully saturated rings. The molecule has 6 heteroatoms. The van der Waals surface area contributed by atoms with Crippen LogP contribution in [0.25, 0.3) is 10.6 Å². The largest absolute Gasteiger partial charge is 0.416 e. The van der Waals surface area contributed by atoms with Crippen molar-refractivity contribution in [2.45, 2.75) is 19.5 Å². The molecule has 2 nitrogen and oxygen atoms in total. The number of nitrogens with zero attached hydrogens (tertiary/aromatic N) is 1. The van der Waals surface area contributed by atoms with E-state index in [0.29, 0.717) is 23.5 Å². The van der Waals surface area contributed by atoms with E-state index in [0.717, 1.165) is 22.7 Å². The van der Waals surface area contributed by atoms with E-state index in [9.17, 15) is 13.2 Å². The second kappa shape index (κ2) is 5.30. The predicted octanol–water partition coefficient (Wildman–Crippen LogP) is 3.64. The molecule has 0 radical (unpaired) electrons. The van der Waals surface area contributed by atoms with Crippen LogP contribution in [0.15, 0.2) is 24.3 Å². The zero-order valence-corrected chi connectivity index (χ0v) is 11.1. The van der Waals surface area contributed by atoms with Crippen molar-refractivity contribution in [3.8, 4) is 10.6 Å². The summed E-state index contributed by atoms with van der Waals surface area (Å²) in [6.07, 6.45) is -3.63. The molecule has 0 amide bonds. The smallest absolute Gasteiger partial charge is 0.330 e. The van der Waals surface area contributed by atoms with Gasteiger partial charge in [-0.2, -0.15) is 13.2 Å². The molecule has 2 rings (SSSR count). The summed E-state index contributed by atoms with van der Waals surface area (Å²) in [5.41, 5.74) is 6.16. The zero-order valence-electron chi connectivity index (χ0n) is 10.3. The summed E-state index contributed by atoms with van der Waals surface area (Å²) < 4.78 is 38.0. The fraction of sp³-hybridized carbons (Fsp3) is 0.308. The van der Waals surface area contributed by atoms with Crippen molar-refractivity contribution >= 4 is 11.3 Å². The lowest BCUT2D eigenvalue weighted by Gasteiger charge is -2.07. The molecule has 0 aliphatic carbocycles. The molecule has 102 valence electrons. The minimum Gasteiger partial charge on any atom is -0.330 e. The van der Waals surface area contributed by atoms with E-state index >= 15 is 0 Å². The summed E-state index contributed by atoms with van der Waals surface area (Å²) in [6, 6.07) is 5.23. The van der Waals surface area contributed by atoms with Gasteiger partial charge in [0.2, 0.25) is 0 Å². The molecule has 1 aromatic carbocycles. The van der Waals surface area contributed by atoms with Gasteiger partial charge in [-0.25, -0.2) is 4.98 Å². The van der Waals surface area contributed by atoms with Crippen LogP contribution in [0.5, 0.6) is 0 Å². The summed E-state index contributed by atoms with van der Waals surface area (Å²) >= 11 is 1.40. The SMILES string of the molecule is Cc1nc(-c2cccc(C(F)(F)F)c2)sc1CCN. The molecule has 1 aromatic heterocycles. The van der Waals surface area contributed by atoms with Crippen LogP contribution in [-0.2, 0) is 12.6 Å². The molecule has 0 spiro atoms. The Morgan fingerprint density at radius 2 is 2.05 bits per heavy atom. The molecule has 0 aliphatic rings. The Morgan fingerprint density at radius 1 is 1.32 bits per heavy atom. The van der Waals surface area contributed by atoms with Crippen LogP contribution in [-0.4, -0.2) is 11.5 Å². The molecule has 2 aromatic rings. The molecule has 0 bridgehead atoms. The number of aryl methyl sites for hydroxylation is 1. The summed E-state index contributed by atoms with van der Waals surface area (Å²) in [7, 11) is 0. The second-order valence-corrected chi connectivity index (χ2v) is 5.23. The molecule has 0 saturated heterocycles.